The number of rotatable bonds is 2. The molecule has 1 N–H and O–H groups in total. The Morgan fingerprint density at radius 1 is 1.33 bits per heavy atom. The molecule has 0 aliphatic carbocycles. The number of hydrogen-bond acceptors (Lipinski definition) is 3. The van der Waals surface area contributed by atoms with Crippen LogP contribution in [0, 0.1) is 0 Å². The van der Waals surface area contributed by atoms with Gasteiger partial charge in [-0.15, -0.1) is 0 Å². The third-order valence-electron chi connectivity index (χ3n) is 2.52. The Bertz CT molecular complexity index is 432. The van der Waals surface area contributed by atoms with Crippen molar-refractivity contribution in [2.24, 2.45) is 7.05 Å². The average molecular weight is 229 g/mol. The highest BCUT2D eigenvalue weighted by Crippen LogP contribution is 2.15. The minimum atomic E-state index is -3.27. The Hall–Kier alpha value is -0.850. The van der Waals surface area contributed by atoms with Gasteiger partial charge in [-0.2, -0.15) is 4.31 Å². The predicted octanol–water partition coefficient (Wildman–Crippen LogP) is -0.381. The molecule has 0 spiro atoms. The van der Waals surface area contributed by atoms with Gasteiger partial charge in [-0.05, 0) is 6.07 Å². The SMILES string of the molecule is Cn1ccc(S(=O)(=O)N2CCNCC2)c1. The van der Waals surface area contributed by atoms with Crippen LogP contribution in [0.15, 0.2) is 23.4 Å². The van der Waals surface area contributed by atoms with E-state index < -0.39 is 10.0 Å². The van der Waals surface area contributed by atoms with Gasteiger partial charge in [-0.3, -0.25) is 0 Å². The number of piperazine rings is 1. The van der Waals surface area contributed by atoms with Gasteiger partial charge in [0.1, 0.15) is 0 Å². The lowest BCUT2D eigenvalue weighted by atomic mass is 10.4. The Labute approximate surface area is 89.7 Å². The first-order valence-electron chi connectivity index (χ1n) is 4.93. The maximum absolute atomic E-state index is 12.1. The normalized spacial score (nSPS) is 19.3. The van der Waals surface area contributed by atoms with Gasteiger partial charge in [0.25, 0.3) is 0 Å². The summed E-state index contributed by atoms with van der Waals surface area (Å²) < 4.78 is 27.4. The molecule has 0 aromatic carbocycles. The minimum absolute atomic E-state index is 0.381. The molecule has 0 unspecified atom stereocenters. The molecule has 0 atom stereocenters. The highest BCUT2D eigenvalue weighted by atomic mass is 32.2. The van der Waals surface area contributed by atoms with Crippen molar-refractivity contribution < 1.29 is 8.42 Å². The fraction of sp³-hybridized carbons (Fsp3) is 0.556. The van der Waals surface area contributed by atoms with E-state index in [0.29, 0.717) is 18.0 Å². The maximum atomic E-state index is 12.1. The van der Waals surface area contributed by atoms with E-state index >= 15 is 0 Å². The second kappa shape index (κ2) is 3.96. The number of hydrogen-bond donors (Lipinski definition) is 1. The van der Waals surface area contributed by atoms with Crippen molar-refractivity contribution in [1.29, 1.82) is 0 Å². The number of sulfonamides is 1. The maximum Gasteiger partial charge on any atom is 0.244 e. The van der Waals surface area contributed by atoms with Crippen LogP contribution >= 0.6 is 0 Å². The van der Waals surface area contributed by atoms with Crippen molar-refractivity contribution in [2.75, 3.05) is 26.2 Å². The molecule has 5 nitrogen and oxygen atoms in total. The monoisotopic (exact) mass is 229 g/mol. The van der Waals surface area contributed by atoms with Crippen LogP contribution in [-0.2, 0) is 17.1 Å². The van der Waals surface area contributed by atoms with Crippen molar-refractivity contribution in [3.05, 3.63) is 18.5 Å². The first kappa shape index (κ1) is 10.7. The van der Waals surface area contributed by atoms with Crippen LogP contribution in [0.4, 0.5) is 0 Å². The molecule has 1 saturated heterocycles. The van der Waals surface area contributed by atoms with Crippen molar-refractivity contribution in [3.8, 4) is 0 Å². The molecule has 0 amide bonds. The largest absolute Gasteiger partial charge is 0.356 e. The van der Waals surface area contributed by atoms with E-state index in [1.807, 2.05) is 7.05 Å². The van der Waals surface area contributed by atoms with Gasteiger partial charge in [-0.1, -0.05) is 0 Å². The van der Waals surface area contributed by atoms with Crippen molar-refractivity contribution in [2.45, 2.75) is 4.90 Å². The van der Waals surface area contributed by atoms with Crippen LogP contribution in [0.25, 0.3) is 0 Å². The van der Waals surface area contributed by atoms with Crippen LogP contribution in [0.2, 0.25) is 0 Å². The highest BCUT2D eigenvalue weighted by Gasteiger charge is 2.26. The second-order valence-electron chi connectivity index (χ2n) is 3.67. The van der Waals surface area contributed by atoms with Gasteiger partial charge < -0.3 is 9.88 Å². The first-order chi connectivity index (χ1) is 7.10. The van der Waals surface area contributed by atoms with Gasteiger partial charge in [0.05, 0.1) is 4.90 Å². The minimum Gasteiger partial charge on any atom is -0.356 e. The molecule has 1 aliphatic heterocycles. The zero-order valence-corrected chi connectivity index (χ0v) is 9.50. The topological polar surface area (TPSA) is 54.3 Å². The molecule has 1 aromatic rings. The highest BCUT2D eigenvalue weighted by molar-refractivity contribution is 7.89. The summed E-state index contributed by atoms with van der Waals surface area (Å²) in [5, 5.41) is 3.13. The first-order valence-corrected chi connectivity index (χ1v) is 6.37. The zero-order valence-electron chi connectivity index (χ0n) is 8.68. The standard InChI is InChI=1S/C9H15N3O2S/c1-11-5-2-9(8-11)15(13,14)12-6-3-10-4-7-12/h2,5,8,10H,3-4,6-7H2,1H3. The number of aromatic nitrogens is 1. The summed E-state index contributed by atoms with van der Waals surface area (Å²) in [6.07, 6.45) is 3.38. The molecule has 0 bridgehead atoms. The quantitative estimate of drug-likeness (QED) is 0.752. The summed E-state index contributed by atoms with van der Waals surface area (Å²) in [6, 6.07) is 1.64. The van der Waals surface area contributed by atoms with Crippen LogP contribution in [0.5, 0.6) is 0 Å². The lowest BCUT2D eigenvalue weighted by Crippen LogP contribution is -2.46. The number of nitrogens with zero attached hydrogens (tertiary/aromatic N) is 2. The van der Waals surface area contributed by atoms with Crippen LogP contribution < -0.4 is 5.32 Å². The van der Waals surface area contributed by atoms with E-state index in [4.69, 9.17) is 0 Å². The van der Waals surface area contributed by atoms with Crippen molar-refractivity contribution in [1.82, 2.24) is 14.2 Å². The molecule has 84 valence electrons. The van der Waals surface area contributed by atoms with E-state index in [2.05, 4.69) is 5.32 Å². The molecule has 0 radical (unpaired) electrons. The molecule has 0 saturated carbocycles. The lowest BCUT2D eigenvalue weighted by molar-refractivity contribution is 0.360. The smallest absolute Gasteiger partial charge is 0.244 e. The average Bonchev–Trinajstić information content (AvgIpc) is 2.67. The van der Waals surface area contributed by atoms with E-state index in [0.717, 1.165) is 13.1 Å². The summed E-state index contributed by atoms with van der Waals surface area (Å²) in [4.78, 5) is 0.381. The van der Waals surface area contributed by atoms with E-state index in [-0.39, 0.29) is 0 Å². The third kappa shape index (κ3) is 2.06. The Morgan fingerprint density at radius 2 is 2.00 bits per heavy atom. The molecule has 1 aromatic heterocycles. The predicted molar refractivity (Wildman–Crippen MR) is 57.0 cm³/mol. The fourth-order valence-corrected chi connectivity index (χ4v) is 3.16. The van der Waals surface area contributed by atoms with Gasteiger partial charge >= 0.3 is 0 Å². The lowest BCUT2D eigenvalue weighted by Gasteiger charge is -2.26. The summed E-state index contributed by atoms with van der Waals surface area (Å²) in [7, 11) is -1.45. The zero-order chi connectivity index (χ0) is 10.9. The summed E-state index contributed by atoms with van der Waals surface area (Å²) in [5.74, 6) is 0. The van der Waals surface area contributed by atoms with E-state index in [9.17, 15) is 8.42 Å². The molecule has 15 heavy (non-hydrogen) atoms. The van der Waals surface area contributed by atoms with Crippen LogP contribution in [0.3, 0.4) is 0 Å². The third-order valence-corrected chi connectivity index (χ3v) is 4.40. The summed E-state index contributed by atoms with van der Waals surface area (Å²) >= 11 is 0. The molecular weight excluding hydrogens is 214 g/mol. The number of aryl methyl sites for hydroxylation is 1. The van der Waals surface area contributed by atoms with Crippen molar-refractivity contribution in [3.63, 3.8) is 0 Å². The Morgan fingerprint density at radius 3 is 2.53 bits per heavy atom. The molecule has 2 rings (SSSR count). The molecule has 6 heteroatoms. The molecule has 1 aliphatic rings. The Kier molecular flexibility index (Phi) is 2.81. The van der Waals surface area contributed by atoms with E-state index in [1.54, 1.807) is 23.0 Å². The van der Waals surface area contributed by atoms with Gasteiger partial charge in [-0.25, -0.2) is 8.42 Å². The second-order valence-corrected chi connectivity index (χ2v) is 5.60. The Balaban J connectivity index is 2.26. The number of nitrogens with one attached hydrogen (secondary N) is 1. The molecule has 1 fully saturated rings. The van der Waals surface area contributed by atoms with E-state index in [1.165, 1.54) is 4.31 Å². The van der Waals surface area contributed by atoms with Crippen molar-refractivity contribution >= 4 is 10.0 Å². The molecule has 2 heterocycles. The summed E-state index contributed by atoms with van der Waals surface area (Å²) in [5.41, 5.74) is 0. The molecular formula is C9H15N3O2S. The van der Waals surface area contributed by atoms with Gasteiger partial charge in [0, 0.05) is 45.6 Å². The van der Waals surface area contributed by atoms with Crippen LogP contribution in [-0.4, -0.2) is 43.5 Å². The summed E-state index contributed by atoms with van der Waals surface area (Å²) in [6.45, 7) is 2.56. The fourth-order valence-electron chi connectivity index (χ4n) is 1.66. The van der Waals surface area contributed by atoms with Gasteiger partial charge in [0.2, 0.25) is 10.0 Å². The van der Waals surface area contributed by atoms with Crippen LogP contribution in [0.1, 0.15) is 0 Å². The van der Waals surface area contributed by atoms with Gasteiger partial charge in [0.15, 0.2) is 0 Å².